The molecule has 0 aliphatic rings. The maximum Gasteiger partial charge on any atom is 0.230 e. The van der Waals surface area contributed by atoms with Crippen molar-refractivity contribution in [3.8, 4) is 5.75 Å². The van der Waals surface area contributed by atoms with E-state index in [4.69, 9.17) is 4.74 Å². The van der Waals surface area contributed by atoms with Gasteiger partial charge in [-0.1, -0.05) is 30.8 Å². The Morgan fingerprint density at radius 2 is 2.33 bits per heavy atom. The smallest absolute Gasteiger partial charge is 0.230 e. The quantitative estimate of drug-likeness (QED) is 0.762. The van der Waals surface area contributed by atoms with E-state index in [1.54, 1.807) is 7.11 Å². The standard InChI is InChI=1S/C14H18N4O2S/c1-3-12-16-14(18-17-12)21-9-13(19)15-8-10-5-4-6-11(7-10)20-2/h4-7H,3,8-9H2,1-2H3,(H,15,19)(H,16,17,18). The molecule has 1 amide bonds. The monoisotopic (exact) mass is 306 g/mol. The Labute approximate surface area is 127 Å². The number of carbonyl (C=O) groups is 1. The van der Waals surface area contributed by atoms with Crippen LogP contribution in [0.15, 0.2) is 29.4 Å². The molecule has 0 aliphatic carbocycles. The van der Waals surface area contributed by atoms with E-state index in [9.17, 15) is 4.79 Å². The van der Waals surface area contributed by atoms with E-state index in [1.807, 2.05) is 31.2 Å². The fourth-order valence-corrected chi connectivity index (χ4v) is 2.31. The van der Waals surface area contributed by atoms with Gasteiger partial charge in [-0.3, -0.25) is 9.89 Å². The first-order valence-corrected chi connectivity index (χ1v) is 7.63. The summed E-state index contributed by atoms with van der Waals surface area (Å²) in [5, 5.41) is 10.3. The molecule has 6 nitrogen and oxygen atoms in total. The second-order valence-electron chi connectivity index (χ2n) is 4.34. The minimum Gasteiger partial charge on any atom is -0.497 e. The molecule has 2 rings (SSSR count). The number of aromatic amines is 1. The fraction of sp³-hybridized carbons (Fsp3) is 0.357. The number of aromatic nitrogens is 3. The van der Waals surface area contributed by atoms with Crippen LogP contribution in [0.2, 0.25) is 0 Å². The Morgan fingerprint density at radius 1 is 1.48 bits per heavy atom. The number of nitrogens with one attached hydrogen (secondary N) is 2. The topological polar surface area (TPSA) is 79.9 Å². The normalized spacial score (nSPS) is 10.4. The van der Waals surface area contributed by atoms with Crippen LogP contribution in [0.4, 0.5) is 0 Å². The van der Waals surface area contributed by atoms with Crippen LogP contribution in [0.3, 0.4) is 0 Å². The highest BCUT2D eigenvalue weighted by Gasteiger charge is 2.07. The first-order valence-electron chi connectivity index (χ1n) is 6.65. The lowest BCUT2D eigenvalue weighted by Gasteiger charge is -2.06. The third kappa shape index (κ3) is 4.78. The highest BCUT2D eigenvalue weighted by Crippen LogP contribution is 2.13. The Morgan fingerprint density at radius 3 is 3.05 bits per heavy atom. The number of thioether (sulfide) groups is 1. The molecule has 0 bridgehead atoms. The van der Waals surface area contributed by atoms with Crippen molar-refractivity contribution in [3.63, 3.8) is 0 Å². The summed E-state index contributed by atoms with van der Waals surface area (Å²) >= 11 is 1.32. The van der Waals surface area contributed by atoms with Gasteiger partial charge in [0.05, 0.1) is 12.9 Å². The number of amides is 1. The van der Waals surface area contributed by atoms with Crippen LogP contribution in [0.5, 0.6) is 5.75 Å². The number of aryl methyl sites for hydroxylation is 1. The number of hydrogen-bond acceptors (Lipinski definition) is 5. The van der Waals surface area contributed by atoms with Gasteiger partial charge in [-0.15, -0.1) is 5.10 Å². The van der Waals surface area contributed by atoms with Crippen LogP contribution in [0.1, 0.15) is 18.3 Å². The summed E-state index contributed by atoms with van der Waals surface area (Å²) in [6, 6.07) is 7.61. The van der Waals surface area contributed by atoms with Gasteiger partial charge in [0.15, 0.2) is 0 Å². The lowest BCUT2D eigenvalue weighted by molar-refractivity contribution is -0.118. The predicted molar refractivity (Wildman–Crippen MR) is 81.3 cm³/mol. The van der Waals surface area contributed by atoms with Gasteiger partial charge in [-0.25, -0.2) is 4.98 Å². The average Bonchev–Trinajstić information content (AvgIpc) is 2.99. The summed E-state index contributed by atoms with van der Waals surface area (Å²) in [7, 11) is 1.62. The number of hydrogen-bond donors (Lipinski definition) is 2. The molecule has 7 heteroatoms. The number of carbonyl (C=O) groups excluding carboxylic acids is 1. The van der Waals surface area contributed by atoms with Crippen molar-refractivity contribution < 1.29 is 9.53 Å². The molecule has 0 fully saturated rings. The lowest BCUT2D eigenvalue weighted by Crippen LogP contribution is -2.24. The molecule has 112 valence electrons. The molecular formula is C14H18N4O2S. The van der Waals surface area contributed by atoms with Gasteiger partial charge in [-0.05, 0) is 17.7 Å². The maximum absolute atomic E-state index is 11.8. The molecule has 1 heterocycles. The molecule has 1 aromatic carbocycles. The molecule has 2 aromatic rings. The fourth-order valence-electron chi connectivity index (χ4n) is 1.66. The van der Waals surface area contributed by atoms with Crippen LogP contribution in [-0.2, 0) is 17.8 Å². The lowest BCUT2D eigenvalue weighted by atomic mass is 10.2. The van der Waals surface area contributed by atoms with Crippen LogP contribution >= 0.6 is 11.8 Å². The zero-order valence-electron chi connectivity index (χ0n) is 12.0. The summed E-state index contributed by atoms with van der Waals surface area (Å²) in [6.07, 6.45) is 0.801. The third-order valence-corrected chi connectivity index (χ3v) is 3.65. The van der Waals surface area contributed by atoms with Gasteiger partial charge >= 0.3 is 0 Å². The van der Waals surface area contributed by atoms with Gasteiger partial charge in [0.2, 0.25) is 11.1 Å². The highest BCUT2D eigenvalue weighted by molar-refractivity contribution is 7.99. The second-order valence-corrected chi connectivity index (χ2v) is 5.28. The molecule has 0 aliphatic heterocycles. The third-order valence-electron chi connectivity index (χ3n) is 2.80. The van der Waals surface area contributed by atoms with Gasteiger partial charge in [-0.2, -0.15) is 0 Å². The summed E-state index contributed by atoms with van der Waals surface area (Å²) in [5.74, 6) is 1.86. The van der Waals surface area contributed by atoms with Crippen LogP contribution < -0.4 is 10.1 Å². The second kappa shape index (κ2) is 7.68. The van der Waals surface area contributed by atoms with Crippen molar-refractivity contribution in [2.75, 3.05) is 12.9 Å². The molecule has 0 unspecified atom stereocenters. The van der Waals surface area contributed by atoms with Gasteiger partial charge in [0, 0.05) is 13.0 Å². The number of rotatable bonds is 7. The van der Waals surface area contributed by atoms with Crippen molar-refractivity contribution in [2.24, 2.45) is 0 Å². The number of nitrogens with zero attached hydrogens (tertiary/aromatic N) is 2. The Bertz CT molecular complexity index is 600. The van der Waals surface area contributed by atoms with Crippen LogP contribution in [-0.4, -0.2) is 34.0 Å². The molecule has 0 saturated carbocycles. The Kier molecular flexibility index (Phi) is 5.62. The van der Waals surface area contributed by atoms with Gasteiger partial charge in [0.1, 0.15) is 11.6 Å². The van der Waals surface area contributed by atoms with E-state index < -0.39 is 0 Å². The van der Waals surface area contributed by atoms with Gasteiger partial charge < -0.3 is 10.1 Å². The van der Waals surface area contributed by atoms with E-state index in [2.05, 4.69) is 20.5 Å². The zero-order valence-corrected chi connectivity index (χ0v) is 12.9. The molecule has 2 N–H and O–H groups in total. The van der Waals surface area contributed by atoms with E-state index in [0.29, 0.717) is 17.5 Å². The average molecular weight is 306 g/mol. The first kappa shape index (κ1) is 15.4. The minimum atomic E-state index is -0.0503. The maximum atomic E-state index is 11.8. The largest absolute Gasteiger partial charge is 0.497 e. The number of methoxy groups -OCH3 is 1. The summed E-state index contributed by atoms with van der Waals surface area (Å²) < 4.78 is 5.14. The molecule has 0 saturated heterocycles. The Hall–Kier alpha value is -2.02. The van der Waals surface area contributed by atoms with Crippen molar-refractivity contribution >= 4 is 17.7 Å². The van der Waals surface area contributed by atoms with E-state index in [0.717, 1.165) is 23.6 Å². The number of benzene rings is 1. The first-order chi connectivity index (χ1) is 10.2. The van der Waals surface area contributed by atoms with Crippen molar-refractivity contribution in [3.05, 3.63) is 35.7 Å². The van der Waals surface area contributed by atoms with Crippen molar-refractivity contribution in [1.29, 1.82) is 0 Å². The Balaban J connectivity index is 1.76. The molecule has 0 atom stereocenters. The van der Waals surface area contributed by atoms with Crippen molar-refractivity contribution in [2.45, 2.75) is 25.0 Å². The zero-order chi connectivity index (χ0) is 15.1. The number of H-pyrrole nitrogens is 1. The summed E-state index contributed by atoms with van der Waals surface area (Å²) in [6.45, 7) is 2.47. The van der Waals surface area contributed by atoms with E-state index >= 15 is 0 Å². The summed E-state index contributed by atoms with van der Waals surface area (Å²) in [5.41, 5.74) is 0.999. The molecule has 0 radical (unpaired) electrons. The van der Waals surface area contributed by atoms with Gasteiger partial charge in [0.25, 0.3) is 0 Å². The van der Waals surface area contributed by atoms with Crippen LogP contribution in [0.25, 0.3) is 0 Å². The highest BCUT2D eigenvalue weighted by atomic mass is 32.2. The predicted octanol–water partition coefficient (Wildman–Crippen LogP) is 1.78. The molecule has 0 spiro atoms. The molecule has 21 heavy (non-hydrogen) atoms. The SMILES string of the molecule is CCc1nc(SCC(=O)NCc2cccc(OC)c2)n[nH]1. The molecule has 1 aromatic heterocycles. The van der Waals surface area contributed by atoms with E-state index in [1.165, 1.54) is 11.8 Å². The van der Waals surface area contributed by atoms with E-state index in [-0.39, 0.29) is 5.91 Å². The van der Waals surface area contributed by atoms with Crippen LogP contribution in [0, 0.1) is 0 Å². The summed E-state index contributed by atoms with van der Waals surface area (Å²) in [4.78, 5) is 16.0. The number of ether oxygens (including phenoxy) is 1. The molecular weight excluding hydrogens is 288 g/mol. The minimum absolute atomic E-state index is 0.0503. The van der Waals surface area contributed by atoms with Crippen molar-refractivity contribution in [1.82, 2.24) is 20.5 Å².